The van der Waals surface area contributed by atoms with Gasteiger partial charge in [0.15, 0.2) is 5.82 Å². The van der Waals surface area contributed by atoms with Gasteiger partial charge in [0.1, 0.15) is 11.6 Å². The molecule has 2 aliphatic heterocycles. The number of piperidine rings is 1. The fourth-order valence-corrected chi connectivity index (χ4v) is 5.39. The van der Waals surface area contributed by atoms with Crippen molar-refractivity contribution in [1.82, 2.24) is 25.1 Å². The average Bonchev–Trinajstić information content (AvgIpc) is 3.36. The summed E-state index contributed by atoms with van der Waals surface area (Å²) in [6.45, 7) is 6.65. The molecule has 5 heterocycles. The molecule has 0 aromatic carbocycles. The van der Waals surface area contributed by atoms with Crippen LogP contribution in [0.15, 0.2) is 35.6 Å². The van der Waals surface area contributed by atoms with Crippen LogP contribution in [0.5, 0.6) is 0 Å². The summed E-state index contributed by atoms with van der Waals surface area (Å²) in [6, 6.07) is 7.47. The van der Waals surface area contributed by atoms with Gasteiger partial charge < -0.3 is 10.6 Å². The van der Waals surface area contributed by atoms with E-state index < -0.39 is 0 Å². The summed E-state index contributed by atoms with van der Waals surface area (Å²) in [4.78, 5) is 15.9. The number of hydrogen-bond donors (Lipinski definition) is 3. The molecular formula is C25H29N9. The molecule has 2 bridgehead atoms. The molecule has 3 aromatic heterocycles. The highest BCUT2D eigenvalue weighted by molar-refractivity contribution is 5.91. The topological polar surface area (TPSA) is 118 Å². The number of fused-ring (bicyclic) bond motifs is 3. The lowest BCUT2D eigenvalue weighted by Crippen LogP contribution is -2.47. The van der Waals surface area contributed by atoms with Crippen LogP contribution in [0.2, 0.25) is 0 Å². The molecule has 174 valence electrons. The van der Waals surface area contributed by atoms with E-state index in [0.717, 1.165) is 47.4 Å². The smallest absolute Gasteiger partial charge is 0.161 e. The van der Waals surface area contributed by atoms with Crippen molar-refractivity contribution >= 4 is 46.8 Å². The van der Waals surface area contributed by atoms with Crippen molar-refractivity contribution in [1.29, 1.82) is 5.26 Å². The Morgan fingerprint density at radius 2 is 2.15 bits per heavy atom. The van der Waals surface area contributed by atoms with E-state index in [1.54, 1.807) is 12.4 Å². The number of aromatic amines is 1. The van der Waals surface area contributed by atoms with Gasteiger partial charge in [-0.1, -0.05) is 12.2 Å². The van der Waals surface area contributed by atoms with Gasteiger partial charge in [0.25, 0.3) is 0 Å². The first kappa shape index (κ1) is 22.0. The number of nitrogens with one attached hydrogen (secondary N) is 3. The summed E-state index contributed by atoms with van der Waals surface area (Å²) in [5.41, 5.74) is 2.54. The summed E-state index contributed by atoms with van der Waals surface area (Å²) >= 11 is 0. The van der Waals surface area contributed by atoms with Crippen LogP contribution < -0.4 is 10.6 Å². The molecule has 0 radical (unpaired) electrons. The second-order valence-electron chi connectivity index (χ2n) is 8.91. The number of hydrogen-bond acceptors (Lipinski definition) is 8. The van der Waals surface area contributed by atoms with Crippen LogP contribution in [0.1, 0.15) is 44.6 Å². The Labute approximate surface area is 199 Å². The minimum absolute atomic E-state index is 0.317. The SMILES string of the molecule is C=Nc1cc(Nc2n[nH]c3cnccc23)nc(NC2C[C@H]3CC[C@@H](C2)N3CCC#N)c1/C=C\C. The largest absolute Gasteiger partial charge is 0.367 e. The van der Waals surface area contributed by atoms with E-state index in [0.29, 0.717) is 36.2 Å². The number of nitriles is 1. The summed E-state index contributed by atoms with van der Waals surface area (Å²) in [6.07, 6.45) is 12.6. The Bertz CT molecular complexity index is 1240. The summed E-state index contributed by atoms with van der Waals surface area (Å²) in [7, 11) is 0. The fourth-order valence-electron chi connectivity index (χ4n) is 5.39. The molecule has 9 nitrogen and oxygen atoms in total. The van der Waals surface area contributed by atoms with Crippen LogP contribution in [-0.4, -0.2) is 56.5 Å². The second-order valence-corrected chi connectivity index (χ2v) is 8.91. The lowest BCUT2D eigenvalue weighted by atomic mass is 9.96. The predicted molar refractivity (Wildman–Crippen MR) is 136 cm³/mol. The van der Waals surface area contributed by atoms with Crippen LogP contribution >= 0.6 is 0 Å². The maximum Gasteiger partial charge on any atom is 0.161 e. The standard InChI is InChI=1S/C25H29N9/c1-3-5-19-21(27-2)14-23(31-25-20-8-10-28-15-22(20)32-33-25)30-24(19)29-16-12-17-6-7-18(13-16)34(17)11-4-9-26/h3,5,8,10,14-18H,2,4,6-7,11-13H2,1H3,(H3,29,30,31,32,33)/b5-3-/t16?,17-,18+. The second kappa shape index (κ2) is 9.61. The van der Waals surface area contributed by atoms with Crippen molar-refractivity contribution in [3.63, 3.8) is 0 Å². The van der Waals surface area contributed by atoms with Gasteiger partial charge in [-0.05, 0) is 45.4 Å². The molecule has 5 rings (SSSR count). The van der Waals surface area contributed by atoms with Crippen LogP contribution in [0.4, 0.5) is 23.1 Å². The Hall–Kier alpha value is -3.77. The maximum absolute atomic E-state index is 9.01. The third-order valence-corrected chi connectivity index (χ3v) is 6.86. The fraction of sp³-hybridized carbons (Fsp3) is 0.400. The molecule has 9 heteroatoms. The van der Waals surface area contributed by atoms with E-state index in [2.05, 4.69) is 48.5 Å². The van der Waals surface area contributed by atoms with E-state index in [1.165, 1.54) is 12.8 Å². The number of H-pyrrole nitrogens is 1. The Morgan fingerprint density at radius 1 is 1.32 bits per heavy atom. The molecule has 2 fully saturated rings. The molecule has 0 amide bonds. The zero-order chi connectivity index (χ0) is 23.5. The summed E-state index contributed by atoms with van der Waals surface area (Å²) in [5.74, 6) is 2.13. The molecule has 0 spiro atoms. The third kappa shape index (κ3) is 4.24. The zero-order valence-electron chi connectivity index (χ0n) is 19.3. The van der Waals surface area contributed by atoms with E-state index in [4.69, 9.17) is 10.2 Å². The lowest BCUT2D eigenvalue weighted by Gasteiger charge is -2.39. The van der Waals surface area contributed by atoms with Gasteiger partial charge in [-0.25, -0.2) is 4.98 Å². The van der Waals surface area contributed by atoms with Crippen LogP contribution in [0.25, 0.3) is 17.0 Å². The highest BCUT2D eigenvalue weighted by atomic mass is 15.2. The van der Waals surface area contributed by atoms with Gasteiger partial charge in [0.2, 0.25) is 0 Å². The molecule has 0 saturated carbocycles. The van der Waals surface area contributed by atoms with Crippen LogP contribution in [0.3, 0.4) is 0 Å². The van der Waals surface area contributed by atoms with Gasteiger partial charge >= 0.3 is 0 Å². The van der Waals surface area contributed by atoms with Crippen LogP contribution in [0, 0.1) is 11.3 Å². The first-order valence-electron chi connectivity index (χ1n) is 11.8. The quantitative estimate of drug-likeness (QED) is 0.418. The van der Waals surface area contributed by atoms with Crippen molar-refractivity contribution in [2.45, 2.75) is 57.2 Å². The van der Waals surface area contributed by atoms with Crippen molar-refractivity contribution in [2.75, 3.05) is 17.2 Å². The number of allylic oxidation sites excluding steroid dienone is 1. The molecule has 1 unspecified atom stereocenters. The summed E-state index contributed by atoms with van der Waals surface area (Å²) < 4.78 is 0. The van der Waals surface area contributed by atoms with E-state index in [1.807, 2.05) is 31.2 Å². The minimum atomic E-state index is 0.317. The number of nitrogens with zero attached hydrogens (tertiary/aromatic N) is 6. The Balaban J connectivity index is 1.42. The normalized spacial score (nSPS) is 22.2. The monoisotopic (exact) mass is 455 g/mol. The van der Waals surface area contributed by atoms with E-state index >= 15 is 0 Å². The number of pyridine rings is 2. The lowest BCUT2D eigenvalue weighted by molar-refractivity contribution is 0.135. The van der Waals surface area contributed by atoms with Gasteiger partial charge in [-0.3, -0.25) is 20.0 Å². The van der Waals surface area contributed by atoms with Gasteiger partial charge in [0.05, 0.1) is 23.5 Å². The van der Waals surface area contributed by atoms with Gasteiger partial charge in [0, 0.05) is 54.3 Å². The van der Waals surface area contributed by atoms with Crippen molar-refractivity contribution in [3.05, 3.63) is 36.2 Å². The molecule has 0 aliphatic carbocycles. The Kier molecular flexibility index (Phi) is 6.23. The predicted octanol–water partition coefficient (Wildman–Crippen LogP) is 4.78. The first-order chi connectivity index (χ1) is 16.7. The molecule has 34 heavy (non-hydrogen) atoms. The first-order valence-corrected chi connectivity index (χ1v) is 11.8. The molecule has 2 saturated heterocycles. The number of anilines is 3. The Morgan fingerprint density at radius 3 is 2.88 bits per heavy atom. The molecule has 3 atom stereocenters. The molecular weight excluding hydrogens is 426 g/mol. The number of rotatable bonds is 8. The highest BCUT2D eigenvalue weighted by Gasteiger charge is 2.40. The molecule has 3 aromatic rings. The average molecular weight is 456 g/mol. The number of aromatic nitrogens is 4. The third-order valence-electron chi connectivity index (χ3n) is 6.86. The van der Waals surface area contributed by atoms with Gasteiger partial charge in [-0.15, -0.1) is 0 Å². The van der Waals surface area contributed by atoms with E-state index in [9.17, 15) is 0 Å². The zero-order valence-corrected chi connectivity index (χ0v) is 19.3. The maximum atomic E-state index is 9.01. The summed E-state index contributed by atoms with van der Waals surface area (Å²) in [5, 5.41) is 24.4. The van der Waals surface area contributed by atoms with E-state index in [-0.39, 0.29) is 0 Å². The minimum Gasteiger partial charge on any atom is -0.367 e. The van der Waals surface area contributed by atoms with Gasteiger partial charge in [-0.2, -0.15) is 10.4 Å². The molecule has 2 aliphatic rings. The molecule has 3 N–H and O–H groups in total. The van der Waals surface area contributed by atoms with Crippen LogP contribution in [-0.2, 0) is 0 Å². The highest BCUT2D eigenvalue weighted by Crippen LogP contribution is 2.38. The van der Waals surface area contributed by atoms with Crippen molar-refractivity contribution in [2.24, 2.45) is 4.99 Å². The van der Waals surface area contributed by atoms with Crippen molar-refractivity contribution < 1.29 is 0 Å². The number of aliphatic imine (C=N–C) groups is 1. The van der Waals surface area contributed by atoms with Crippen molar-refractivity contribution in [3.8, 4) is 6.07 Å².